The zero-order chi connectivity index (χ0) is 30.4. The molecule has 0 radical (unpaired) electrons. The van der Waals surface area contributed by atoms with E-state index in [-0.39, 0.29) is 13.0 Å². The molecule has 4 aliphatic heterocycles. The molecule has 1 fully saturated rings. The van der Waals surface area contributed by atoms with Gasteiger partial charge in [0.1, 0.15) is 23.3 Å². The van der Waals surface area contributed by atoms with Crippen molar-refractivity contribution in [1.29, 1.82) is 0 Å². The summed E-state index contributed by atoms with van der Waals surface area (Å²) in [5, 5.41) is 6.18. The minimum atomic E-state index is -4.48. The van der Waals surface area contributed by atoms with Crippen molar-refractivity contribution in [3.05, 3.63) is 41.6 Å². The van der Waals surface area contributed by atoms with E-state index >= 15 is 0 Å². The summed E-state index contributed by atoms with van der Waals surface area (Å²) in [5.41, 5.74) is 3.33. The average Bonchev–Trinajstić information content (AvgIpc) is 3.42. The first kappa shape index (κ1) is 29.3. The summed E-state index contributed by atoms with van der Waals surface area (Å²) in [6.07, 6.45) is -4.42. The maximum atomic E-state index is 13.7. The Morgan fingerprint density at radius 2 is 1.90 bits per heavy atom. The van der Waals surface area contributed by atoms with Gasteiger partial charge < -0.3 is 19.9 Å². The van der Waals surface area contributed by atoms with Crippen molar-refractivity contribution < 1.29 is 27.5 Å². The molecule has 0 bridgehead atoms. The van der Waals surface area contributed by atoms with E-state index in [0.29, 0.717) is 24.4 Å². The van der Waals surface area contributed by atoms with Gasteiger partial charge in [-0.05, 0) is 69.9 Å². The summed E-state index contributed by atoms with van der Waals surface area (Å²) < 4.78 is 48.5. The van der Waals surface area contributed by atoms with Crippen molar-refractivity contribution in [3.63, 3.8) is 0 Å². The van der Waals surface area contributed by atoms with E-state index in [2.05, 4.69) is 30.2 Å². The lowest BCUT2D eigenvalue weighted by atomic mass is 9.90. The topological polar surface area (TPSA) is 114 Å². The highest BCUT2D eigenvalue weighted by atomic mass is 19.4. The van der Waals surface area contributed by atoms with Crippen molar-refractivity contribution in [3.8, 4) is 22.5 Å². The van der Waals surface area contributed by atoms with Crippen LogP contribution >= 0.6 is 0 Å². The SMILES string of the molecule is CN=c1ncc2cc(-c3cc(NC(=O)C4CC(C(F)(F)F)CCN4C(=O)OC(C)(C)C)ccc3C)c3n(c-2n1)CCN3. The van der Waals surface area contributed by atoms with Crippen LogP contribution in [0.4, 0.5) is 29.5 Å². The minimum Gasteiger partial charge on any atom is -0.444 e. The summed E-state index contributed by atoms with van der Waals surface area (Å²) in [6, 6.07) is 5.93. The molecule has 2 unspecified atom stereocenters. The molecule has 42 heavy (non-hydrogen) atoms. The Kier molecular flexibility index (Phi) is 7.62. The smallest absolute Gasteiger partial charge is 0.410 e. The number of amides is 2. The molecule has 4 heterocycles. The van der Waals surface area contributed by atoms with Crippen LogP contribution in [-0.4, -0.2) is 69.4 Å². The highest BCUT2D eigenvalue weighted by molar-refractivity contribution is 5.97. The number of hydrogen-bond donors (Lipinski definition) is 2. The van der Waals surface area contributed by atoms with Gasteiger partial charge in [0.15, 0.2) is 0 Å². The minimum absolute atomic E-state index is 0.239. The summed E-state index contributed by atoms with van der Waals surface area (Å²) in [6.45, 7) is 8.08. The second-order valence-corrected chi connectivity index (χ2v) is 11.6. The van der Waals surface area contributed by atoms with E-state index in [1.165, 1.54) is 0 Å². The van der Waals surface area contributed by atoms with E-state index in [9.17, 15) is 22.8 Å². The number of ether oxygens (including phenoxy) is 1. The van der Waals surface area contributed by atoms with E-state index in [1.807, 2.05) is 19.1 Å². The molecule has 13 heteroatoms. The molecule has 10 nitrogen and oxygen atoms in total. The molecule has 1 saturated heterocycles. The first-order valence-corrected chi connectivity index (χ1v) is 13.8. The molecule has 2 amide bonds. The molecule has 4 aliphatic rings. The maximum absolute atomic E-state index is 13.7. The molecule has 2 atom stereocenters. The third-order valence-electron chi connectivity index (χ3n) is 7.48. The number of likely N-dealkylation sites (tertiary alicyclic amines) is 1. The number of alkyl halides is 3. The standard InChI is InChI=1S/C29H34F3N7O3/c1-16-6-7-19(14-20(16)21-12-17-15-35-26(33-5)37-23(17)39-11-9-34-24(21)39)36-25(40)22-13-18(29(30,31)32)8-10-38(22)27(41)42-28(2,3)4/h6-7,12,14-15,18,22,34H,8-11,13H2,1-5H3,(H,36,40). The fraction of sp³-hybridized carbons (Fsp3) is 0.483. The molecule has 1 aromatic rings. The van der Waals surface area contributed by atoms with Crippen LogP contribution in [0.3, 0.4) is 0 Å². The van der Waals surface area contributed by atoms with Gasteiger partial charge in [-0.3, -0.25) is 14.7 Å². The Morgan fingerprint density at radius 3 is 2.60 bits per heavy atom. The lowest BCUT2D eigenvalue weighted by molar-refractivity contribution is -0.189. The average molecular weight is 586 g/mol. The number of carbonyl (C=O) groups is 2. The van der Waals surface area contributed by atoms with Crippen LogP contribution in [0.15, 0.2) is 35.5 Å². The second-order valence-electron chi connectivity index (χ2n) is 11.6. The number of aryl methyl sites for hydroxylation is 1. The summed E-state index contributed by atoms with van der Waals surface area (Å²) >= 11 is 0. The maximum Gasteiger partial charge on any atom is 0.410 e. The third-order valence-corrected chi connectivity index (χ3v) is 7.48. The number of halogens is 3. The Balaban J connectivity index is 1.48. The Morgan fingerprint density at radius 1 is 1.14 bits per heavy atom. The lowest BCUT2D eigenvalue weighted by Crippen LogP contribution is -2.54. The van der Waals surface area contributed by atoms with Crippen LogP contribution in [0, 0.1) is 12.8 Å². The Labute approximate surface area is 241 Å². The number of anilines is 2. The predicted octanol–water partition coefficient (Wildman–Crippen LogP) is 4.83. The number of hydrogen-bond acceptors (Lipinski definition) is 7. The molecular weight excluding hydrogens is 551 g/mol. The Hall–Kier alpha value is -4.16. The molecule has 224 valence electrons. The van der Waals surface area contributed by atoms with E-state index in [4.69, 9.17) is 4.74 Å². The van der Waals surface area contributed by atoms with Gasteiger partial charge in [0.05, 0.1) is 5.92 Å². The monoisotopic (exact) mass is 585 g/mol. The molecular formula is C29H34F3N7O3. The fourth-order valence-corrected chi connectivity index (χ4v) is 5.44. The van der Waals surface area contributed by atoms with E-state index in [0.717, 1.165) is 38.8 Å². The number of nitrogens with one attached hydrogen (secondary N) is 2. The predicted molar refractivity (Wildman–Crippen MR) is 151 cm³/mol. The van der Waals surface area contributed by atoms with Gasteiger partial charge in [-0.2, -0.15) is 18.2 Å². The van der Waals surface area contributed by atoms with Gasteiger partial charge in [-0.25, -0.2) is 9.78 Å². The van der Waals surface area contributed by atoms with Crippen LogP contribution in [0.5, 0.6) is 0 Å². The number of fused-ring (bicyclic) bond motifs is 3. The fourth-order valence-electron chi connectivity index (χ4n) is 5.44. The molecule has 0 aromatic heterocycles. The van der Waals surface area contributed by atoms with Gasteiger partial charge in [0.25, 0.3) is 0 Å². The van der Waals surface area contributed by atoms with Crippen LogP contribution < -0.4 is 16.3 Å². The van der Waals surface area contributed by atoms with Gasteiger partial charge in [-0.15, -0.1) is 0 Å². The number of pyridine rings is 1. The zero-order valence-electron chi connectivity index (χ0n) is 24.2. The summed E-state index contributed by atoms with van der Waals surface area (Å²) in [7, 11) is 1.63. The van der Waals surface area contributed by atoms with Crippen LogP contribution in [0.1, 0.15) is 39.2 Å². The lowest BCUT2D eigenvalue weighted by Gasteiger charge is -2.39. The van der Waals surface area contributed by atoms with E-state index in [1.54, 1.807) is 46.1 Å². The highest BCUT2D eigenvalue weighted by Gasteiger charge is 2.48. The normalized spacial score (nSPS) is 19.4. The van der Waals surface area contributed by atoms with Crippen LogP contribution in [0.2, 0.25) is 0 Å². The number of aromatic nitrogens is 3. The van der Waals surface area contributed by atoms with Gasteiger partial charge in [0.2, 0.25) is 11.5 Å². The quantitative estimate of drug-likeness (QED) is 0.455. The van der Waals surface area contributed by atoms with Crippen molar-refractivity contribution >= 4 is 23.5 Å². The number of piperidine rings is 1. The molecule has 0 spiro atoms. The van der Waals surface area contributed by atoms with Crippen molar-refractivity contribution in [2.75, 3.05) is 30.8 Å². The largest absolute Gasteiger partial charge is 0.444 e. The third kappa shape index (κ3) is 5.90. The van der Waals surface area contributed by atoms with Crippen molar-refractivity contribution in [2.24, 2.45) is 10.9 Å². The summed E-state index contributed by atoms with van der Waals surface area (Å²) in [5.74, 6) is -0.807. The van der Waals surface area contributed by atoms with Gasteiger partial charge in [0, 0.05) is 49.7 Å². The van der Waals surface area contributed by atoms with E-state index < -0.39 is 42.2 Å². The first-order chi connectivity index (χ1) is 19.7. The van der Waals surface area contributed by atoms with Gasteiger partial charge >= 0.3 is 12.3 Å². The van der Waals surface area contributed by atoms with Crippen LogP contribution in [0.25, 0.3) is 22.5 Å². The highest BCUT2D eigenvalue weighted by Crippen LogP contribution is 2.40. The van der Waals surface area contributed by atoms with Crippen molar-refractivity contribution in [2.45, 2.75) is 64.9 Å². The second kappa shape index (κ2) is 10.9. The van der Waals surface area contributed by atoms with Crippen LogP contribution in [-0.2, 0) is 16.1 Å². The van der Waals surface area contributed by atoms with Crippen molar-refractivity contribution in [1.82, 2.24) is 19.4 Å². The summed E-state index contributed by atoms with van der Waals surface area (Å²) in [4.78, 5) is 40.4. The molecule has 5 rings (SSSR count). The first-order valence-electron chi connectivity index (χ1n) is 13.8. The number of nitrogens with zero attached hydrogens (tertiary/aromatic N) is 5. The van der Waals surface area contributed by atoms with Gasteiger partial charge in [-0.1, -0.05) is 6.07 Å². The molecule has 2 N–H and O–H groups in total. The Bertz CT molecular complexity index is 1560. The zero-order valence-corrected chi connectivity index (χ0v) is 24.2. The molecule has 1 aromatic carbocycles. The number of benzene rings is 1. The molecule has 0 aliphatic carbocycles. The number of carbonyl (C=O) groups excluding carboxylic acids is 2. The number of rotatable bonds is 3. The molecule has 0 saturated carbocycles.